The molecule has 11 heteroatoms. The first-order valence-electron chi connectivity index (χ1n) is 9.24. The van der Waals surface area contributed by atoms with E-state index in [1.165, 1.54) is 13.4 Å². The predicted molar refractivity (Wildman–Crippen MR) is 115 cm³/mol. The van der Waals surface area contributed by atoms with Crippen molar-refractivity contribution in [2.24, 2.45) is 0 Å². The Morgan fingerprint density at radius 3 is 2.73 bits per heavy atom. The van der Waals surface area contributed by atoms with E-state index >= 15 is 0 Å². The van der Waals surface area contributed by atoms with E-state index in [9.17, 15) is 8.42 Å². The smallest absolute Gasteiger partial charge is 0.271 e. The summed E-state index contributed by atoms with van der Waals surface area (Å²) in [6.45, 7) is 4.56. The second kappa shape index (κ2) is 8.54. The van der Waals surface area contributed by atoms with Crippen LogP contribution in [0.3, 0.4) is 0 Å². The summed E-state index contributed by atoms with van der Waals surface area (Å²) in [5.41, 5.74) is 2.51. The molecule has 158 valence electrons. The van der Waals surface area contributed by atoms with Gasteiger partial charge in [-0.2, -0.15) is 0 Å². The van der Waals surface area contributed by atoms with Crippen molar-refractivity contribution in [1.82, 2.24) is 15.0 Å². The zero-order valence-electron chi connectivity index (χ0n) is 16.5. The monoisotopic (exact) mass is 447 g/mol. The highest BCUT2D eigenvalue weighted by molar-refractivity contribution is 7.94. The van der Waals surface area contributed by atoms with Gasteiger partial charge in [-0.05, 0) is 24.4 Å². The van der Waals surface area contributed by atoms with Crippen LogP contribution in [-0.4, -0.2) is 56.8 Å². The molecule has 9 nitrogen and oxygen atoms in total. The minimum absolute atomic E-state index is 0.182. The summed E-state index contributed by atoms with van der Waals surface area (Å²) < 4.78 is 39.0. The third-order valence-electron chi connectivity index (χ3n) is 4.66. The van der Waals surface area contributed by atoms with Crippen LogP contribution in [0.1, 0.15) is 5.69 Å². The highest BCUT2D eigenvalue weighted by Crippen LogP contribution is 2.35. The molecule has 0 spiro atoms. The van der Waals surface area contributed by atoms with E-state index in [0.29, 0.717) is 31.9 Å². The summed E-state index contributed by atoms with van der Waals surface area (Å²) in [6.07, 6.45) is 3.17. The highest BCUT2D eigenvalue weighted by Gasteiger charge is 2.23. The van der Waals surface area contributed by atoms with Crippen molar-refractivity contribution in [2.75, 3.05) is 43.0 Å². The van der Waals surface area contributed by atoms with Gasteiger partial charge in [0.15, 0.2) is 0 Å². The Morgan fingerprint density at radius 2 is 2.03 bits per heavy atom. The van der Waals surface area contributed by atoms with Gasteiger partial charge in [-0.25, -0.2) is 23.4 Å². The molecule has 3 aromatic rings. The van der Waals surface area contributed by atoms with Crippen LogP contribution in [-0.2, 0) is 14.8 Å². The topological polar surface area (TPSA) is 107 Å². The molecule has 1 aliphatic rings. The Kier molecular flexibility index (Phi) is 5.84. The summed E-state index contributed by atoms with van der Waals surface area (Å²) >= 11 is 1.14. The average Bonchev–Trinajstić information content (AvgIpc) is 3.30. The average molecular weight is 448 g/mol. The molecule has 0 atom stereocenters. The third kappa shape index (κ3) is 4.09. The Morgan fingerprint density at radius 1 is 1.23 bits per heavy atom. The van der Waals surface area contributed by atoms with E-state index in [1.807, 2.05) is 6.92 Å². The molecule has 30 heavy (non-hydrogen) atoms. The molecule has 0 amide bonds. The molecule has 0 radical (unpaired) electrons. The maximum atomic E-state index is 12.7. The lowest BCUT2D eigenvalue weighted by molar-refractivity contribution is 0.122. The van der Waals surface area contributed by atoms with Crippen LogP contribution in [0.5, 0.6) is 5.88 Å². The molecule has 1 saturated heterocycles. The van der Waals surface area contributed by atoms with Crippen LogP contribution in [0.2, 0.25) is 0 Å². The molecular weight excluding hydrogens is 426 g/mol. The molecule has 1 fully saturated rings. The van der Waals surface area contributed by atoms with Crippen molar-refractivity contribution < 1.29 is 17.9 Å². The molecule has 3 aromatic heterocycles. The number of hydrogen-bond acceptors (Lipinski definition) is 9. The zero-order chi connectivity index (χ0) is 21.1. The predicted octanol–water partition coefficient (Wildman–Crippen LogP) is 2.55. The molecule has 0 bridgehead atoms. The second-order valence-corrected chi connectivity index (χ2v) is 9.43. The maximum absolute atomic E-state index is 12.7. The van der Waals surface area contributed by atoms with Crippen molar-refractivity contribution in [3.63, 3.8) is 0 Å². The molecular formula is C19H21N5O4S2. The maximum Gasteiger partial charge on any atom is 0.271 e. The number of sulfonamides is 1. The summed E-state index contributed by atoms with van der Waals surface area (Å²) in [5, 5.41) is 1.71. The first-order valence-corrected chi connectivity index (χ1v) is 11.6. The summed E-state index contributed by atoms with van der Waals surface area (Å²) in [4.78, 5) is 15.3. The zero-order valence-corrected chi connectivity index (χ0v) is 18.2. The van der Waals surface area contributed by atoms with E-state index in [0.717, 1.165) is 28.4 Å². The van der Waals surface area contributed by atoms with E-state index in [4.69, 9.17) is 9.47 Å². The number of anilines is 2. The van der Waals surface area contributed by atoms with Crippen molar-refractivity contribution in [1.29, 1.82) is 0 Å². The normalized spacial score (nSPS) is 14.5. The Balaban J connectivity index is 1.77. The Labute approximate surface area is 178 Å². The van der Waals surface area contributed by atoms with Crippen LogP contribution >= 0.6 is 11.3 Å². The Hall–Kier alpha value is -2.76. The molecule has 1 N–H and O–H groups in total. The number of ether oxygens (including phenoxy) is 2. The van der Waals surface area contributed by atoms with E-state index in [1.54, 1.807) is 29.8 Å². The van der Waals surface area contributed by atoms with Gasteiger partial charge in [0, 0.05) is 30.4 Å². The molecule has 0 aromatic carbocycles. The van der Waals surface area contributed by atoms with Crippen molar-refractivity contribution in [3.8, 4) is 17.0 Å². The standard InChI is InChI=1S/C19H21N5O4S2/c1-13-17(18(22-12-21-13)24-5-7-28-8-6-24)14-10-15(19(27-2)20-11-14)23-30(25,26)16-4-3-9-29-16/h3-4,9-12,23H,5-8H2,1-2H3. The van der Waals surface area contributed by atoms with Gasteiger partial charge in [-0.15, -0.1) is 11.3 Å². The summed E-state index contributed by atoms with van der Waals surface area (Å²) in [7, 11) is -2.31. The molecule has 1 aliphatic heterocycles. The van der Waals surface area contributed by atoms with Gasteiger partial charge in [0.25, 0.3) is 10.0 Å². The first kappa shape index (κ1) is 20.5. The number of aryl methyl sites for hydroxylation is 1. The van der Waals surface area contributed by atoms with Crippen LogP contribution in [0.25, 0.3) is 11.1 Å². The largest absolute Gasteiger partial charge is 0.480 e. The number of methoxy groups -OCH3 is 1. The van der Waals surface area contributed by atoms with Crippen LogP contribution < -0.4 is 14.4 Å². The third-order valence-corrected chi connectivity index (χ3v) is 7.43. The number of rotatable bonds is 6. The van der Waals surface area contributed by atoms with Crippen LogP contribution in [0.4, 0.5) is 11.5 Å². The van der Waals surface area contributed by atoms with Crippen LogP contribution in [0, 0.1) is 6.92 Å². The number of nitrogens with one attached hydrogen (secondary N) is 1. The summed E-state index contributed by atoms with van der Waals surface area (Å²) in [6, 6.07) is 4.93. The lowest BCUT2D eigenvalue weighted by Crippen LogP contribution is -2.37. The van der Waals surface area contributed by atoms with Gasteiger partial charge in [0.2, 0.25) is 5.88 Å². The van der Waals surface area contributed by atoms with Gasteiger partial charge in [0.1, 0.15) is 22.0 Å². The highest BCUT2D eigenvalue weighted by atomic mass is 32.2. The first-order chi connectivity index (χ1) is 14.5. The minimum atomic E-state index is -3.75. The molecule has 4 heterocycles. The van der Waals surface area contributed by atoms with E-state index < -0.39 is 10.0 Å². The molecule has 4 rings (SSSR count). The minimum Gasteiger partial charge on any atom is -0.480 e. The lowest BCUT2D eigenvalue weighted by atomic mass is 10.1. The number of aromatic nitrogens is 3. The fourth-order valence-corrected chi connectivity index (χ4v) is 5.29. The second-order valence-electron chi connectivity index (χ2n) is 6.58. The number of morpholine rings is 1. The lowest BCUT2D eigenvalue weighted by Gasteiger charge is -2.29. The summed E-state index contributed by atoms with van der Waals surface area (Å²) in [5.74, 6) is 0.950. The van der Waals surface area contributed by atoms with Gasteiger partial charge in [-0.3, -0.25) is 4.72 Å². The van der Waals surface area contributed by atoms with Gasteiger partial charge in [-0.1, -0.05) is 6.07 Å². The number of pyridine rings is 1. The van der Waals surface area contributed by atoms with Gasteiger partial charge < -0.3 is 14.4 Å². The number of thiophene rings is 1. The van der Waals surface area contributed by atoms with Crippen molar-refractivity contribution >= 4 is 32.9 Å². The molecule has 0 saturated carbocycles. The van der Waals surface area contributed by atoms with Crippen LogP contribution in [0.15, 0.2) is 40.3 Å². The van der Waals surface area contributed by atoms with Gasteiger partial charge in [0.05, 0.1) is 26.0 Å². The van der Waals surface area contributed by atoms with Crippen molar-refractivity contribution in [3.05, 3.63) is 41.8 Å². The van der Waals surface area contributed by atoms with Crippen molar-refractivity contribution in [2.45, 2.75) is 11.1 Å². The molecule has 0 aliphatic carbocycles. The molecule has 0 unspecified atom stereocenters. The Bertz CT molecular complexity index is 1130. The SMILES string of the molecule is COc1ncc(-c2c(C)ncnc2N2CCOCC2)cc1NS(=O)(=O)c1cccs1. The van der Waals surface area contributed by atoms with E-state index in [-0.39, 0.29) is 15.8 Å². The fourth-order valence-electron chi connectivity index (χ4n) is 3.25. The quantitative estimate of drug-likeness (QED) is 0.614. The number of nitrogens with zero attached hydrogens (tertiary/aromatic N) is 4. The van der Waals surface area contributed by atoms with E-state index in [2.05, 4.69) is 24.6 Å². The van der Waals surface area contributed by atoms with Gasteiger partial charge >= 0.3 is 0 Å². The fraction of sp³-hybridized carbons (Fsp3) is 0.316. The number of hydrogen-bond donors (Lipinski definition) is 1.